The lowest BCUT2D eigenvalue weighted by molar-refractivity contribution is 0.128. The van der Waals surface area contributed by atoms with E-state index in [-0.39, 0.29) is 0 Å². The highest BCUT2D eigenvalue weighted by Gasteiger charge is 2.02. The highest BCUT2D eigenvalue weighted by Crippen LogP contribution is 2.08. The summed E-state index contributed by atoms with van der Waals surface area (Å²) in [6, 6.07) is 1.69. The van der Waals surface area contributed by atoms with Crippen molar-refractivity contribution in [2.75, 3.05) is 37.9 Å². The molecule has 16 heavy (non-hydrogen) atoms. The van der Waals surface area contributed by atoms with Crippen molar-refractivity contribution in [3.8, 4) is 0 Å². The van der Waals surface area contributed by atoms with Gasteiger partial charge in [-0.2, -0.15) is 0 Å². The molecule has 0 saturated carbocycles. The molecule has 0 aliphatic rings. The number of aromatic nitrogens is 2. The van der Waals surface area contributed by atoms with Gasteiger partial charge >= 0.3 is 0 Å². The Morgan fingerprint density at radius 1 is 1.44 bits per heavy atom. The van der Waals surface area contributed by atoms with Crippen molar-refractivity contribution in [3.63, 3.8) is 0 Å². The van der Waals surface area contributed by atoms with Crippen LogP contribution in [-0.4, -0.2) is 36.8 Å². The fourth-order valence-corrected chi connectivity index (χ4v) is 1.15. The first-order valence-electron chi connectivity index (χ1n) is 5.20. The van der Waals surface area contributed by atoms with Gasteiger partial charge in [0.15, 0.2) is 5.82 Å². The Kier molecular flexibility index (Phi) is 5.52. The third kappa shape index (κ3) is 4.41. The minimum atomic E-state index is 0.375. The maximum Gasteiger partial charge on any atom is 0.158 e. The van der Waals surface area contributed by atoms with Crippen LogP contribution in [0, 0.1) is 0 Å². The van der Waals surface area contributed by atoms with Gasteiger partial charge in [0, 0.05) is 26.3 Å². The highest BCUT2D eigenvalue weighted by atomic mass is 16.5. The van der Waals surface area contributed by atoms with Crippen molar-refractivity contribution in [1.29, 1.82) is 0 Å². The summed E-state index contributed by atoms with van der Waals surface area (Å²) in [6.45, 7) is 4.22. The largest absolute Gasteiger partial charge is 0.384 e. The van der Waals surface area contributed by atoms with Gasteiger partial charge in [0.25, 0.3) is 0 Å². The van der Waals surface area contributed by atoms with Gasteiger partial charge in [-0.15, -0.1) is 0 Å². The molecule has 0 bridgehead atoms. The third-order valence-electron chi connectivity index (χ3n) is 1.84. The number of ether oxygens (including phenoxy) is 2. The Bertz CT molecular complexity index is 320. The van der Waals surface area contributed by atoms with Crippen LogP contribution >= 0.6 is 0 Å². The summed E-state index contributed by atoms with van der Waals surface area (Å²) in [4.78, 5) is 8.33. The summed E-state index contributed by atoms with van der Waals surface area (Å²) in [5.74, 6) is 1.71. The average Bonchev–Trinajstić information content (AvgIpc) is 2.26. The van der Waals surface area contributed by atoms with Crippen molar-refractivity contribution in [3.05, 3.63) is 11.9 Å². The molecule has 0 atom stereocenters. The van der Waals surface area contributed by atoms with Gasteiger partial charge in [0.2, 0.25) is 0 Å². The molecule has 0 spiro atoms. The number of methoxy groups -OCH3 is 1. The van der Waals surface area contributed by atoms with Gasteiger partial charge in [-0.1, -0.05) is 0 Å². The van der Waals surface area contributed by atoms with Crippen LogP contribution in [0.2, 0.25) is 0 Å². The molecule has 0 aromatic carbocycles. The van der Waals surface area contributed by atoms with E-state index in [2.05, 4.69) is 15.3 Å². The van der Waals surface area contributed by atoms with E-state index in [1.54, 1.807) is 13.2 Å². The molecule has 0 amide bonds. The minimum Gasteiger partial charge on any atom is -0.384 e. The van der Waals surface area contributed by atoms with E-state index in [1.807, 2.05) is 6.92 Å². The lowest BCUT2D eigenvalue weighted by Crippen LogP contribution is -2.11. The SMILES string of the molecule is CCOCc1nc(N)cc(NCCOC)n1. The van der Waals surface area contributed by atoms with Crippen molar-refractivity contribution in [2.24, 2.45) is 0 Å². The topological polar surface area (TPSA) is 82.3 Å². The maximum atomic E-state index is 5.66. The predicted molar refractivity (Wildman–Crippen MR) is 62.1 cm³/mol. The Balaban J connectivity index is 2.58. The summed E-state index contributed by atoms with van der Waals surface area (Å²) in [7, 11) is 1.65. The van der Waals surface area contributed by atoms with Crippen molar-refractivity contribution >= 4 is 11.6 Å². The molecule has 1 aromatic heterocycles. The fraction of sp³-hybridized carbons (Fsp3) is 0.600. The summed E-state index contributed by atoms with van der Waals surface area (Å²) in [5.41, 5.74) is 5.66. The maximum absolute atomic E-state index is 5.66. The zero-order valence-electron chi connectivity index (χ0n) is 9.69. The number of nitrogens with two attached hydrogens (primary N) is 1. The Morgan fingerprint density at radius 2 is 2.25 bits per heavy atom. The number of nitrogens with one attached hydrogen (secondary N) is 1. The van der Waals surface area contributed by atoms with Gasteiger partial charge in [0.1, 0.15) is 18.2 Å². The van der Waals surface area contributed by atoms with E-state index >= 15 is 0 Å². The zero-order chi connectivity index (χ0) is 11.8. The van der Waals surface area contributed by atoms with Crippen molar-refractivity contribution in [1.82, 2.24) is 9.97 Å². The summed E-state index contributed by atoms with van der Waals surface area (Å²) in [5, 5.41) is 3.09. The number of nitrogens with zero attached hydrogens (tertiary/aromatic N) is 2. The smallest absolute Gasteiger partial charge is 0.158 e. The first-order chi connectivity index (χ1) is 7.76. The fourth-order valence-electron chi connectivity index (χ4n) is 1.15. The minimum absolute atomic E-state index is 0.375. The van der Waals surface area contributed by atoms with Crippen LogP contribution in [0.5, 0.6) is 0 Å². The Hall–Kier alpha value is -1.40. The number of nitrogen functional groups attached to an aromatic ring is 1. The van der Waals surface area contributed by atoms with Crippen LogP contribution in [-0.2, 0) is 16.1 Å². The summed E-state index contributed by atoms with van der Waals surface area (Å²) >= 11 is 0. The molecule has 1 heterocycles. The Labute approximate surface area is 95.2 Å². The first-order valence-corrected chi connectivity index (χ1v) is 5.20. The zero-order valence-corrected chi connectivity index (χ0v) is 9.69. The average molecular weight is 226 g/mol. The second-order valence-corrected chi connectivity index (χ2v) is 3.15. The van der Waals surface area contributed by atoms with Crippen LogP contribution in [0.1, 0.15) is 12.7 Å². The molecule has 6 heteroatoms. The normalized spacial score (nSPS) is 10.4. The van der Waals surface area contributed by atoms with Crippen LogP contribution in [0.25, 0.3) is 0 Å². The van der Waals surface area contributed by atoms with Gasteiger partial charge < -0.3 is 20.5 Å². The van der Waals surface area contributed by atoms with Crippen LogP contribution in [0.15, 0.2) is 6.07 Å². The molecule has 1 rings (SSSR count). The lowest BCUT2D eigenvalue weighted by Gasteiger charge is -2.07. The molecule has 6 nitrogen and oxygen atoms in total. The summed E-state index contributed by atoms with van der Waals surface area (Å²) in [6.07, 6.45) is 0. The van der Waals surface area contributed by atoms with E-state index in [0.717, 1.165) is 0 Å². The molecule has 0 radical (unpaired) electrons. The van der Waals surface area contributed by atoms with E-state index < -0.39 is 0 Å². The molecule has 0 saturated heterocycles. The summed E-state index contributed by atoms with van der Waals surface area (Å²) < 4.78 is 10.1. The number of hydrogen-bond acceptors (Lipinski definition) is 6. The van der Waals surface area contributed by atoms with E-state index in [1.165, 1.54) is 0 Å². The van der Waals surface area contributed by atoms with Crippen molar-refractivity contribution < 1.29 is 9.47 Å². The van der Waals surface area contributed by atoms with Crippen LogP contribution < -0.4 is 11.1 Å². The highest BCUT2D eigenvalue weighted by molar-refractivity contribution is 5.44. The number of anilines is 2. The van der Waals surface area contributed by atoms with Gasteiger partial charge in [-0.3, -0.25) is 0 Å². The molecule has 0 aliphatic carbocycles. The van der Waals surface area contributed by atoms with Crippen molar-refractivity contribution in [2.45, 2.75) is 13.5 Å². The third-order valence-corrected chi connectivity index (χ3v) is 1.84. The molecular formula is C10H18N4O2. The monoisotopic (exact) mass is 226 g/mol. The molecule has 90 valence electrons. The predicted octanol–water partition coefficient (Wildman–Crippen LogP) is 0.654. The van der Waals surface area contributed by atoms with Crippen LogP contribution in [0.3, 0.4) is 0 Å². The van der Waals surface area contributed by atoms with E-state index in [9.17, 15) is 0 Å². The molecule has 1 aromatic rings. The van der Waals surface area contributed by atoms with Gasteiger partial charge in [0.05, 0.1) is 6.61 Å². The molecule has 0 fully saturated rings. The van der Waals surface area contributed by atoms with E-state index in [0.29, 0.717) is 43.8 Å². The number of rotatable bonds is 7. The lowest BCUT2D eigenvalue weighted by atomic mass is 10.5. The molecule has 0 aliphatic heterocycles. The molecular weight excluding hydrogens is 208 g/mol. The Morgan fingerprint density at radius 3 is 2.94 bits per heavy atom. The molecule has 0 unspecified atom stereocenters. The standard InChI is InChI=1S/C10H18N4O2/c1-3-16-7-10-13-8(11)6-9(14-10)12-4-5-15-2/h6H,3-5,7H2,1-2H3,(H3,11,12,13,14). The van der Waals surface area contributed by atoms with Gasteiger partial charge in [-0.25, -0.2) is 9.97 Å². The first kappa shape index (κ1) is 12.7. The van der Waals surface area contributed by atoms with Gasteiger partial charge in [-0.05, 0) is 6.92 Å². The second kappa shape index (κ2) is 6.97. The van der Waals surface area contributed by atoms with Crippen LogP contribution in [0.4, 0.5) is 11.6 Å². The molecule has 3 N–H and O–H groups in total. The second-order valence-electron chi connectivity index (χ2n) is 3.15. The quantitative estimate of drug-likeness (QED) is 0.664. The number of hydrogen-bond donors (Lipinski definition) is 2. The van der Waals surface area contributed by atoms with E-state index in [4.69, 9.17) is 15.2 Å².